The smallest absolute Gasteiger partial charge is 0.236 e. The number of halogens is 1. The van der Waals surface area contributed by atoms with Crippen LogP contribution >= 0.6 is 27.3 Å². The largest absolute Gasteiger partial charge is 0.443 e. The van der Waals surface area contributed by atoms with Crippen molar-refractivity contribution < 1.29 is 4.42 Å². The summed E-state index contributed by atoms with van der Waals surface area (Å²) in [7, 11) is 0. The monoisotopic (exact) mass is 387 g/mol. The van der Waals surface area contributed by atoms with E-state index in [0.717, 1.165) is 20.6 Å². The minimum atomic E-state index is 0.415. The van der Waals surface area contributed by atoms with Crippen LogP contribution in [0, 0.1) is 0 Å². The average Bonchev–Trinajstić information content (AvgIpc) is 3.29. The predicted octanol–water partition coefficient (Wildman–Crippen LogP) is 3.87. The molecule has 0 radical (unpaired) electrons. The fraction of sp³-hybridized carbons (Fsp3) is 0.0667. The summed E-state index contributed by atoms with van der Waals surface area (Å²) in [6.45, 7) is 0.415. The molecule has 3 aromatic heterocycles. The van der Waals surface area contributed by atoms with E-state index in [4.69, 9.17) is 4.42 Å². The Morgan fingerprint density at radius 1 is 1.17 bits per heavy atom. The molecular weight excluding hydrogens is 378 g/mol. The summed E-state index contributed by atoms with van der Waals surface area (Å²) in [6, 6.07) is 11.7. The van der Waals surface area contributed by atoms with E-state index in [9.17, 15) is 0 Å². The van der Waals surface area contributed by atoms with Crippen molar-refractivity contribution in [1.29, 1.82) is 0 Å². The second kappa shape index (κ2) is 6.05. The highest BCUT2D eigenvalue weighted by Crippen LogP contribution is 2.24. The van der Waals surface area contributed by atoms with Gasteiger partial charge in [-0.1, -0.05) is 22.0 Å². The van der Waals surface area contributed by atoms with Crippen molar-refractivity contribution in [2.45, 2.75) is 6.54 Å². The van der Waals surface area contributed by atoms with Gasteiger partial charge >= 0.3 is 0 Å². The lowest BCUT2D eigenvalue weighted by atomic mass is 10.2. The van der Waals surface area contributed by atoms with Crippen molar-refractivity contribution in [1.82, 2.24) is 25.2 Å². The van der Waals surface area contributed by atoms with Crippen LogP contribution in [0.4, 0.5) is 0 Å². The number of benzene rings is 1. The van der Waals surface area contributed by atoms with Gasteiger partial charge in [0, 0.05) is 10.0 Å². The molecule has 8 heteroatoms. The molecule has 23 heavy (non-hydrogen) atoms. The van der Waals surface area contributed by atoms with Gasteiger partial charge in [0.25, 0.3) is 0 Å². The zero-order valence-corrected chi connectivity index (χ0v) is 14.2. The van der Waals surface area contributed by atoms with E-state index in [1.54, 1.807) is 17.6 Å². The highest BCUT2D eigenvalue weighted by atomic mass is 79.9. The molecule has 0 saturated heterocycles. The van der Waals surface area contributed by atoms with E-state index in [0.29, 0.717) is 18.3 Å². The molecule has 0 bridgehead atoms. The molecule has 0 N–H and O–H groups in total. The number of hydrogen-bond acceptors (Lipinski definition) is 6. The van der Waals surface area contributed by atoms with E-state index < -0.39 is 0 Å². The number of nitrogens with zero attached hydrogens (tertiary/aromatic N) is 5. The zero-order chi connectivity index (χ0) is 15.6. The molecule has 0 unspecified atom stereocenters. The maximum Gasteiger partial charge on any atom is 0.236 e. The third-order valence-corrected chi connectivity index (χ3v) is 4.53. The van der Waals surface area contributed by atoms with Gasteiger partial charge in [0.1, 0.15) is 18.5 Å². The highest BCUT2D eigenvalue weighted by Gasteiger charge is 2.10. The number of tetrazole rings is 1. The molecule has 3 heterocycles. The summed E-state index contributed by atoms with van der Waals surface area (Å²) in [5.41, 5.74) is 1.67. The van der Waals surface area contributed by atoms with E-state index >= 15 is 0 Å². The van der Waals surface area contributed by atoms with Crippen molar-refractivity contribution in [3.8, 4) is 22.2 Å². The molecule has 0 saturated carbocycles. The van der Waals surface area contributed by atoms with Crippen LogP contribution in [0.15, 0.2) is 56.9 Å². The maximum absolute atomic E-state index is 5.49. The zero-order valence-electron chi connectivity index (χ0n) is 11.8. The minimum absolute atomic E-state index is 0.415. The van der Waals surface area contributed by atoms with Gasteiger partial charge in [-0.05, 0) is 40.9 Å². The first-order chi connectivity index (χ1) is 11.3. The lowest BCUT2D eigenvalue weighted by molar-refractivity contribution is 0.550. The SMILES string of the molecule is Brc1ccc(-c2nnn(Cc3coc(-c4cccs4)n3)n2)cc1. The summed E-state index contributed by atoms with van der Waals surface area (Å²) in [4.78, 5) is 6.96. The third-order valence-electron chi connectivity index (χ3n) is 3.14. The second-order valence-corrected chi connectivity index (χ2v) is 6.64. The van der Waals surface area contributed by atoms with Crippen molar-refractivity contribution in [2.24, 2.45) is 0 Å². The van der Waals surface area contributed by atoms with E-state index in [-0.39, 0.29) is 0 Å². The standard InChI is InChI=1S/C15H10BrN5OS/c16-11-5-3-10(4-6-11)14-18-20-21(19-14)8-12-9-22-15(17-12)13-2-1-7-23-13/h1-7,9H,8H2. The maximum atomic E-state index is 5.49. The number of hydrogen-bond donors (Lipinski definition) is 0. The fourth-order valence-corrected chi connectivity index (χ4v) is 2.98. The third kappa shape index (κ3) is 3.08. The molecule has 0 aliphatic carbocycles. The first-order valence-corrected chi connectivity index (χ1v) is 8.47. The van der Waals surface area contributed by atoms with Crippen molar-refractivity contribution in [3.05, 3.63) is 58.2 Å². The number of aromatic nitrogens is 5. The number of rotatable bonds is 4. The second-order valence-electron chi connectivity index (χ2n) is 4.77. The number of oxazole rings is 1. The van der Waals surface area contributed by atoms with Crippen LogP contribution in [-0.2, 0) is 6.54 Å². The lowest BCUT2D eigenvalue weighted by Gasteiger charge is -1.95. The van der Waals surface area contributed by atoms with Crippen LogP contribution < -0.4 is 0 Å². The van der Waals surface area contributed by atoms with Crippen LogP contribution in [0.1, 0.15) is 5.69 Å². The molecule has 0 fully saturated rings. The molecule has 0 aliphatic heterocycles. The summed E-state index contributed by atoms with van der Waals surface area (Å²) in [5, 5.41) is 14.5. The Balaban J connectivity index is 1.53. The lowest BCUT2D eigenvalue weighted by Crippen LogP contribution is -2.04. The Kier molecular flexibility index (Phi) is 3.76. The summed E-state index contributed by atoms with van der Waals surface area (Å²) in [6.07, 6.45) is 1.62. The van der Waals surface area contributed by atoms with Crippen molar-refractivity contribution in [2.75, 3.05) is 0 Å². The minimum Gasteiger partial charge on any atom is -0.443 e. The van der Waals surface area contributed by atoms with E-state index in [1.807, 2.05) is 41.8 Å². The Morgan fingerprint density at radius 3 is 2.83 bits per heavy atom. The van der Waals surface area contributed by atoms with Gasteiger partial charge in [-0.15, -0.1) is 21.5 Å². The van der Waals surface area contributed by atoms with Gasteiger partial charge in [0.05, 0.1) is 4.88 Å². The Bertz CT molecular complexity index is 914. The molecule has 114 valence electrons. The van der Waals surface area contributed by atoms with Crippen LogP contribution in [0.2, 0.25) is 0 Å². The molecule has 4 rings (SSSR count). The van der Waals surface area contributed by atoms with Gasteiger partial charge in [-0.2, -0.15) is 4.80 Å². The molecule has 0 aliphatic rings. The highest BCUT2D eigenvalue weighted by molar-refractivity contribution is 9.10. The molecule has 1 aromatic carbocycles. The first kappa shape index (κ1) is 14.3. The summed E-state index contributed by atoms with van der Waals surface area (Å²) >= 11 is 4.99. The van der Waals surface area contributed by atoms with Crippen LogP contribution in [-0.4, -0.2) is 25.2 Å². The normalized spacial score (nSPS) is 11.0. The quantitative estimate of drug-likeness (QED) is 0.531. The van der Waals surface area contributed by atoms with Crippen LogP contribution in [0.3, 0.4) is 0 Å². The molecular formula is C15H10BrN5OS. The summed E-state index contributed by atoms with van der Waals surface area (Å²) < 4.78 is 6.50. The molecule has 6 nitrogen and oxygen atoms in total. The van der Waals surface area contributed by atoms with E-state index in [1.165, 1.54) is 4.80 Å². The van der Waals surface area contributed by atoms with Crippen molar-refractivity contribution in [3.63, 3.8) is 0 Å². The van der Waals surface area contributed by atoms with Gasteiger partial charge in [0.15, 0.2) is 0 Å². The van der Waals surface area contributed by atoms with Crippen LogP contribution in [0.25, 0.3) is 22.2 Å². The Labute approximate surface area is 143 Å². The van der Waals surface area contributed by atoms with Gasteiger partial charge in [-0.25, -0.2) is 4.98 Å². The van der Waals surface area contributed by atoms with Crippen LogP contribution in [0.5, 0.6) is 0 Å². The Hall–Kier alpha value is -2.32. The van der Waals surface area contributed by atoms with Gasteiger partial charge < -0.3 is 4.42 Å². The number of thiophene rings is 1. The molecule has 0 spiro atoms. The van der Waals surface area contributed by atoms with E-state index in [2.05, 4.69) is 36.3 Å². The summed E-state index contributed by atoms with van der Waals surface area (Å²) in [5.74, 6) is 1.20. The fourth-order valence-electron chi connectivity index (χ4n) is 2.06. The molecule has 0 amide bonds. The van der Waals surface area contributed by atoms with Gasteiger partial charge in [-0.3, -0.25) is 0 Å². The topological polar surface area (TPSA) is 69.6 Å². The first-order valence-electron chi connectivity index (χ1n) is 6.80. The van der Waals surface area contributed by atoms with Gasteiger partial charge in [0.2, 0.25) is 11.7 Å². The Morgan fingerprint density at radius 2 is 2.04 bits per heavy atom. The average molecular weight is 388 g/mol. The molecule has 0 atom stereocenters. The van der Waals surface area contributed by atoms with Crippen molar-refractivity contribution >= 4 is 27.3 Å². The predicted molar refractivity (Wildman–Crippen MR) is 89.9 cm³/mol. The molecule has 4 aromatic rings.